The minimum absolute atomic E-state index is 0.0431. The van der Waals surface area contributed by atoms with Crippen LogP contribution >= 0.6 is 11.6 Å². The van der Waals surface area contributed by atoms with Crippen LogP contribution in [0.5, 0.6) is 0 Å². The molecule has 2 N–H and O–H groups in total. The molecule has 7 heteroatoms. The van der Waals surface area contributed by atoms with Crippen LogP contribution in [0.4, 0.5) is 0 Å². The lowest BCUT2D eigenvalue weighted by Crippen LogP contribution is -2.58. The van der Waals surface area contributed by atoms with Crippen molar-refractivity contribution in [1.29, 1.82) is 0 Å². The van der Waals surface area contributed by atoms with Gasteiger partial charge in [0.2, 0.25) is 0 Å². The Balaban J connectivity index is 1.66. The van der Waals surface area contributed by atoms with E-state index in [1.807, 2.05) is 33.4 Å². The summed E-state index contributed by atoms with van der Waals surface area (Å²) in [6.07, 6.45) is 3.85. The molecule has 164 valence electrons. The average molecular weight is 432 g/mol. The van der Waals surface area contributed by atoms with Crippen LogP contribution in [0.1, 0.15) is 37.1 Å². The molecule has 2 aromatic rings. The maximum atomic E-state index is 6.14. The van der Waals surface area contributed by atoms with Crippen LogP contribution in [0, 0.1) is 0 Å². The number of rotatable bonds is 7. The fourth-order valence-corrected chi connectivity index (χ4v) is 4.37. The molecular weight excluding hydrogens is 398 g/mol. The average Bonchev–Trinajstić information content (AvgIpc) is 3.06. The molecule has 6 nitrogen and oxygen atoms in total. The normalized spacial score (nSPS) is 17.6. The van der Waals surface area contributed by atoms with Crippen molar-refractivity contribution in [3.8, 4) is 0 Å². The van der Waals surface area contributed by atoms with Crippen LogP contribution in [0.15, 0.2) is 47.6 Å². The summed E-state index contributed by atoms with van der Waals surface area (Å²) in [6, 6.07) is 12.8. The lowest BCUT2D eigenvalue weighted by Gasteiger charge is -2.41. The van der Waals surface area contributed by atoms with Gasteiger partial charge in [-0.3, -0.25) is 4.99 Å². The minimum Gasteiger partial charge on any atom is -0.381 e. The fourth-order valence-electron chi connectivity index (χ4n) is 4.09. The zero-order valence-electron chi connectivity index (χ0n) is 18.5. The Hall–Kier alpha value is -2.02. The van der Waals surface area contributed by atoms with Crippen molar-refractivity contribution >= 4 is 17.6 Å². The smallest absolute Gasteiger partial charge is 0.193 e. The highest BCUT2D eigenvalue weighted by Crippen LogP contribution is 2.25. The van der Waals surface area contributed by atoms with Crippen LogP contribution in [-0.4, -0.2) is 54.8 Å². The first-order chi connectivity index (χ1) is 14.4. The van der Waals surface area contributed by atoms with E-state index in [4.69, 9.17) is 16.3 Å². The first kappa shape index (κ1) is 22.7. The number of halogens is 1. The topological polar surface area (TPSA) is 53.8 Å². The second kappa shape index (κ2) is 10.3. The summed E-state index contributed by atoms with van der Waals surface area (Å²) in [7, 11) is 5.89. The number of hydrogen-bond acceptors (Lipinski definition) is 3. The highest BCUT2D eigenvalue weighted by Gasteiger charge is 2.34. The van der Waals surface area contributed by atoms with E-state index in [-0.39, 0.29) is 11.6 Å². The SMILES string of the molecule is CN=C(NCC1(NC(C)c2ccccc2)CCOCC1)N(C)Cc1cc(Cl)cn1C. The lowest BCUT2D eigenvalue weighted by atomic mass is 9.88. The van der Waals surface area contributed by atoms with Gasteiger partial charge in [0, 0.05) is 64.4 Å². The van der Waals surface area contributed by atoms with Gasteiger partial charge in [-0.15, -0.1) is 0 Å². The van der Waals surface area contributed by atoms with Gasteiger partial charge in [-0.25, -0.2) is 0 Å². The Morgan fingerprint density at radius 2 is 2.00 bits per heavy atom. The Kier molecular flexibility index (Phi) is 7.81. The van der Waals surface area contributed by atoms with E-state index < -0.39 is 0 Å². The van der Waals surface area contributed by atoms with Crippen LogP contribution in [0.2, 0.25) is 5.02 Å². The van der Waals surface area contributed by atoms with E-state index >= 15 is 0 Å². The summed E-state index contributed by atoms with van der Waals surface area (Å²) in [5, 5.41) is 8.24. The maximum Gasteiger partial charge on any atom is 0.193 e. The van der Waals surface area contributed by atoms with Gasteiger partial charge in [-0.1, -0.05) is 41.9 Å². The number of aryl methyl sites for hydroxylation is 1. The second-order valence-electron chi connectivity index (χ2n) is 8.19. The molecule has 2 heterocycles. The molecule has 0 aliphatic carbocycles. The highest BCUT2D eigenvalue weighted by atomic mass is 35.5. The number of benzene rings is 1. The van der Waals surface area contributed by atoms with E-state index in [2.05, 4.69) is 62.3 Å². The Bertz CT molecular complexity index is 829. The lowest BCUT2D eigenvalue weighted by molar-refractivity contribution is 0.0353. The molecule has 1 atom stereocenters. The minimum atomic E-state index is -0.0431. The van der Waals surface area contributed by atoms with Crippen LogP contribution < -0.4 is 10.6 Å². The summed E-state index contributed by atoms with van der Waals surface area (Å²) in [4.78, 5) is 6.63. The molecule has 1 aliphatic heterocycles. The van der Waals surface area contributed by atoms with Crippen molar-refractivity contribution < 1.29 is 4.74 Å². The molecule has 1 aromatic carbocycles. The Labute approximate surface area is 185 Å². The van der Waals surface area contributed by atoms with Gasteiger partial charge in [0.15, 0.2) is 5.96 Å². The van der Waals surface area contributed by atoms with Crippen molar-refractivity contribution in [2.24, 2.45) is 12.0 Å². The zero-order valence-corrected chi connectivity index (χ0v) is 19.2. The van der Waals surface area contributed by atoms with Gasteiger partial charge in [0.25, 0.3) is 0 Å². The molecule has 1 unspecified atom stereocenters. The number of hydrogen-bond donors (Lipinski definition) is 2. The van der Waals surface area contributed by atoms with Gasteiger partial charge >= 0.3 is 0 Å². The van der Waals surface area contributed by atoms with Crippen molar-refractivity contribution in [3.63, 3.8) is 0 Å². The standard InChI is InChI=1S/C23H34ClN5O/c1-18(19-8-6-5-7-9-19)27-23(10-12-30-13-11-23)17-26-22(25-2)29(4)16-21-14-20(24)15-28(21)3/h5-9,14-15,18,27H,10-13,16-17H2,1-4H3,(H,25,26). The van der Waals surface area contributed by atoms with Gasteiger partial charge in [0.05, 0.1) is 11.6 Å². The summed E-state index contributed by atoms with van der Waals surface area (Å²) in [6.45, 7) is 5.29. The summed E-state index contributed by atoms with van der Waals surface area (Å²) < 4.78 is 7.71. The first-order valence-electron chi connectivity index (χ1n) is 10.6. The number of guanidine groups is 1. The van der Waals surface area contributed by atoms with Gasteiger partial charge in [-0.05, 0) is 31.4 Å². The van der Waals surface area contributed by atoms with Crippen LogP contribution in [0.3, 0.4) is 0 Å². The maximum absolute atomic E-state index is 6.14. The van der Waals surface area contributed by atoms with Crippen LogP contribution in [0.25, 0.3) is 0 Å². The third kappa shape index (κ3) is 5.78. The van der Waals surface area contributed by atoms with Crippen molar-refractivity contribution in [2.75, 3.05) is 33.9 Å². The van der Waals surface area contributed by atoms with Crippen molar-refractivity contribution in [2.45, 2.75) is 37.9 Å². The predicted molar refractivity (Wildman–Crippen MR) is 124 cm³/mol. The number of ether oxygens (including phenoxy) is 1. The number of nitrogens with zero attached hydrogens (tertiary/aromatic N) is 3. The summed E-state index contributed by atoms with van der Waals surface area (Å²) in [5.74, 6) is 0.868. The third-order valence-corrected chi connectivity index (χ3v) is 6.11. The quantitative estimate of drug-likeness (QED) is 0.519. The monoisotopic (exact) mass is 431 g/mol. The molecule has 0 amide bonds. The molecule has 1 aliphatic rings. The van der Waals surface area contributed by atoms with E-state index in [1.165, 1.54) is 5.56 Å². The molecule has 3 rings (SSSR count). The highest BCUT2D eigenvalue weighted by molar-refractivity contribution is 6.30. The number of aliphatic imine (C=N–C) groups is 1. The molecule has 0 spiro atoms. The fraction of sp³-hybridized carbons (Fsp3) is 0.522. The molecular formula is C23H34ClN5O. The second-order valence-corrected chi connectivity index (χ2v) is 8.62. The molecule has 1 aromatic heterocycles. The predicted octanol–water partition coefficient (Wildman–Crippen LogP) is 3.59. The van der Waals surface area contributed by atoms with Crippen molar-refractivity contribution in [3.05, 3.63) is 58.9 Å². The largest absolute Gasteiger partial charge is 0.381 e. The molecule has 0 saturated carbocycles. The number of aromatic nitrogens is 1. The third-order valence-electron chi connectivity index (χ3n) is 5.90. The summed E-state index contributed by atoms with van der Waals surface area (Å²) >= 11 is 6.14. The van der Waals surface area contributed by atoms with Crippen molar-refractivity contribution in [1.82, 2.24) is 20.1 Å². The van der Waals surface area contributed by atoms with Gasteiger partial charge < -0.3 is 24.8 Å². The van der Waals surface area contributed by atoms with Gasteiger partial charge in [-0.2, -0.15) is 0 Å². The molecule has 0 bridgehead atoms. The zero-order chi connectivity index (χ0) is 21.6. The Morgan fingerprint density at radius 1 is 1.30 bits per heavy atom. The van der Waals surface area contributed by atoms with E-state index in [0.717, 1.165) is 55.8 Å². The first-order valence-corrected chi connectivity index (χ1v) is 10.9. The number of nitrogens with one attached hydrogen (secondary N) is 2. The van der Waals surface area contributed by atoms with E-state index in [9.17, 15) is 0 Å². The molecule has 1 saturated heterocycles. The van der Waals surface area contributed by atoms with E-state index in [1.54, 1.807) is 0 Å². The molecule has 0 radical (unpaired) electrons. The van der Waals surface area contributed by atoms with E-state index in [0.29, 0.717) is 0 Å². The Morgan fingerprint density at radius 3 is 2.60 bits per heavy atom. The molecule has 30 heavy (non-hydrogen) atoms. The summed E-state index contributed by atoms with van der Waals surface area (Å²) in [5.41, 5.74) is 2.39. The molecule has 1 fully saturated rings. The van der Waals surface area contributed by atoms with Gasteiger partial charge in [0.1, 0.15) is 0 Å². The van der Waals surface area contributed by atoms with Crippen LogP contribution in [-0.2, 0) is 18.3 Å².